The highest BCUT2D eigenvalue weighted by Crippen LogP contribution is 2.20. The molecule has 160 valence electrons. The molecule has 1 atom stereocenters. The molecule has 8 nitrogen and oxygen atoms in total. The number of benzene rings is 1. The summed E-state index contributed by atoms with van der Waals surface area (Å²) in [5, 5.41) is 12.9. The van der Waals surface area contributed by atoms with Gasteiger partial charge < -0.3 is 21.1 Å². The molecule has 0 bridgehead atoms. The minimum absolute atomic E-state index is 0. The summed E-state index contributed by atoms with van der Waals surface area (Å²) in [5.74, 6) is -0.750. The molecule has 3 rings (SSSR count). The van der Waals surface area contributed by atoms with E-state index in [0.29, 0.717) is 36.3 Å². The van der Waals surface area contributed by atoms with Crippen LogP contribution in [0.5, 0.6) is 5.75 Å². The van der Waals surface area contributed by atoms with E-state index >= 15 is 0 Å². The summed E-state index contributed by atoms with van der Waals surface area (Å²) >= 11 is 0. The average molecular weight is 433 g/mol. The number of likely N-dealkylation sites (tertiary alicyclic amines) is 1. The van der Waals surface area contributed by atoms with Crippen LogP contribution in [0.1, 0.15) is 51.2 Å². The van der Waals surface area contributed by atoms with Gasteiger partial charge in [-0.15, -0.1) is 12.4 Å². The summed E-state index contributed by atoms with van der Waals surface area (Å²) in [7, 11) is 0. The highest BCUT2D eigenvalue weighted by atomic mass is 35.5. The van der Waals surface area contributed by atoms with Crippen LogP contribution in [0.2, 0.25) is 0 Å². The van der Waals surface area contributed by atoms with Crippen LogP contribution < -0.4 is 11.1 Å². The fourth-order valence-electron chi connectivity index (χ4n) is 3.39. The first-order valence-corrected chi connectivity index (χ1v) is 9.51. The summed E-state index contributed by atoms with van der Waals surface area (Å²) < 4.78 is 0. The van der Waals surface area contributed by atoms with Gasteiger partial charge in [0.2, 0.25) is 0 Å². The number of hydrogen-bond acceptors (Lipinski definition) is 5. The summed E-state index contributed by atoms with van der Waals surface area (Å²) in [6.45, 7) is 2.85. The second-order valence-electron chi connectivity index (χ2n) is 7.18. The number of carbonyl (C=O) groups is 3. The number of aromatic hydroxyl groups is 1. The van der Waals surface area contributed by atoms with Crippen molar-refractivity contribution in [1.82, 2.24) is 15.2 Å². The Morgan fingerprint density at radius 1 is 1.13 bits per heavy atom. The number of aromatic nitrogens is 1. The van der Waals surface area contributed by atoms with Gasteiger partial charge in [-0.1, -0.05) is 12.1 Å². The molecule has 1 aromatic carbocycles. The van der Waals surface area contributed by atoms with Crippen molar-refractivity contribution in [3.63, 3.8) is 0 Å². The Morgan fingerprint density at radius 3 is 2.47 bits per heavy atom. The predicted molar refractivity (Wildman–Crippen MR) is 114 cm³/mol. The van der Waals surface area contributed by atoms with Crippen molar-refractivity contribution in [3.05, 3.63) is 58.9 Å². The maximum atomic E-state index is 12.6. The van der Waals surface area contributed by atoms with Gasteiger partial charge in [-0.2, -0.15) is 0 Å². The van der Waals surface area contributed by atoms with E-state index in [0.717, 1.165) is 12.8 Å². The molecule has 1 aliphatic heterocycles. The minimum atomic E-state index is -0.437. The van der Waals surface area contributed by atoms with Gasteiger partial charge in [-0.05, 0) is 44.4 Å². The zero-order valence-electron chi connectivity index (χ0n) is 16.6. The first-order valence-electron chi connectivity index (χ1n) is 9.51. The number of nitrogens with two attached hydrogens (primary N) is 1. The largest absolute Gasteiger partial charge is 0.506 e. The summed E-state index contributed by atoms with van der Waals surface area (Å²) in [6, 6.07) is 7.35. The maximum Gasteiger partial charge on any atom is 0.314 e. The van der Waals surface area contributed by atoms with Crippen molar-refractivity contribution in [2.45, 2.75) is 32.2 Å². The molecule has 0 spiro atoms. The van der Waals surface area contributed by atoms with Crippen molar-refractivity contribution < 1.29 is 19.5 Å². The van der Waals surface area contributed by atoms with Gasteiger partial charge in [0.25, 0.3) is 5.91 Å². The first kappa shape index (κ1) is 23.2. The Kier molecular flexibility index (Phi) is 7.77. The van der Waals surface area contributed by atoms with Crippen LogP contribution >= 0.6 is 12.4 Å². The molecule has 30 heavy (non-hydrogen) atoms. The number of rotatable bonds is 4. The van der Waals surface area contributed by atoms with Crippen LogP contribution in [0.25, 0.3) is 0 Å². The van der Waals surface area contributed by atoms with Crippen LogP contribution in [0.3, 0.4) is 0 Å². The molecule has 9 heteroatoms. The third kappa shape index (κ3) is 5.48. The van der Waals surface area contributed by atoms with E-state index in [2.05, 4.69) is 10.3 Å². The Labute approximate surface area is 180 Å². The van der Waals surface area contributed by atoms with Crippen LogP contribution in [-0.4, -0.2) is 51.8 Å². The van der Waals surface area contributed by atoms with Crippen molar-refractivity contribution in [3.8, 4) is 5.75 Å². The number of urea groups is 1. The third-order valence-electron chi connectivity index (χ3n) is 5.05. The summed E-state index contributed by atoms with van der Waals surface area (Å²) in [6.07, 6.45) is 3.44. The number of hydrogen-bond donors (Lipinski definition) is 3. The van der Waals surface area contributed by atoms with Gasteiger partial charge in [0.05, 0.1) is 11.8 Å². The molecule has 0 radical (unpaired) electrons. The average Bonchev–Trinajstić information content (AvgIpc) is 2.95. The third-order valence-corrected chi connectivity index (χ3v) is 5.05. The van der Waals surface area contributed by atoms with Crippen molar-refractivity contribution in [1.29, 1.82) is 0 Å². The van der Waals surface area contributed by atoms with Crippen molar-refractivity contribution in [2.75, 3.05) is 13.1 Å². The van der Waals surface area contributed by atoms with Gasteiger partial charge in [0.15, 0.2) is 5.78 Å². The van der Waals surface area contributed by atoms with E-state index < -0.39 is 6.03 Å². The van der Waals surface area contributed by atoms with E-state index in [-0.39, 0.29) is 41.5 Å². The van der Waals surface area contributed by atoms with Gasteiger partial charge in [-0.25, -0.2) is 4.79 Å². The Balaban J connectivity index is 0.00000320. The lowest BCUT2D eigenvalue weighted by Gasteiger charge is -2.18. The predicted octanol–water partition coefficient (Wildman–Crippen LogP) is 2.41. The number of nitrogens with zero attached hydrogens (tertiary/aromatic N) is 2. The maximum absolute atomic E-state index is 12.6. The molecule has 4 N–H and O–H groups in total. The number of aryl methyl sites for hydroxylation is 1. The lowest BCUT2D eigenvalue weighted by molar-refractivity contribution is 0.0932. The lowest BCUT2D eigenvalue weighted by atomic mass is 10.0. The zero-order chi connectivity index (χ0) is 21.0. The normalized spacial score (nSPS) is 16.2. The molecule has 2 aromatic rings. The number of carbonyl (C=O) groups excluding carboxylic acids is 3. The molecule has 1 aliphatic rings. The fraction of sp³-hybridized carbons (Fsp3) is 0.333. The van der Waals surface area contributed by atoms with E-state index in [1.807, 2.05) is 0 Å². The van der Waals surface area contributed by atoms with Crippen LogP contribution in [0.15, 0.2) is 36.5 Å². The zero-order valence-corrected chi connectivity index (χ0v) is 17.4. The van der Waals surface area contributed by atoms with Gasteiger partial charge in [0.1, 0.15) is 5.75 Å². The fourth-order valence-corrected chi connectivity index (χ4v) is 3.39. The smallest absolute Gasteiger partial charge is 0.314 e. The Bertz CT molecular complexity index is 933. The van der Waals surface area contributed by atoms with Gasteiger partial charge >= 0.3 is 6.03 Å². The standard InChI is InChI=1S/C21H24N4O4.ClH/c1-13-11-17(18(26)12-23-13)19(27)14-4-6-15(7-5-14)20(28)24-16-3-2-9-25(10-8-16)21(22)29;/h4-7,11-12,16,26H,2-3,8-10H2,1H3,(H2,22,29)(H,24,28);1H/t16-;/m0./s1. The molecule has 0 unspecified atom stereocenters. The van der Waals surface area contributed by atoms with Crippen LogP contribution in [-0.2, 0) is 0 Å². The lowest BCUT2D eigenvalue weighted by Crippen LogP contribution is -2.38. The monoisotopic (exact) mass is 432 g/mol. The van der Waals surface area contributed by atoms with Gasteiger partial charge in [-0.3, -0.25) is 14.6 Å². The number of amides is 3. The highest BCUT2D eigenvalue weighted by Gasteiger charge is 2.21. The van der Waals surface area contributed by atoms with E-state index in [9.17, 15) is 19.5 Å². The molecular weight excluding hydrogens is 408 g/mol. The molecule has 1 fully saturated rings. The molecule has 2 heterocycles. The summed E-state index contributed by atoms with van der Waals surface area (Å²) in [5.41, 5.74) is 6.93. The highest BCUT2D eigenvalue weighted by molar-refractivity contribution is 6.11. The van der Waals surface area contributed by atoms with E-state index in [1.165, 1.54) is 12.3 Å². The Morgan fingerprint density at radius 2 is 1.80 bits per heavy atom. The quantitative estimate of drug-likeness (QED) is 0.639. The number of ketones is 1. The topological polar surface area (TPSA) is 126 Å². The van der Waals surface area contributed by atoms with Crippen molar-refractivity contribution >= 4 is 30.1 Å². The molecule has 1 aromatic heterocycles. The summed E-state index contributed by atoms with van der Waals surface area (Å²) in [4.78, 5) is 42.0. The first-order chi connectivity index (χ1) is 13.8. The van der Waals surface area contributed by atoms with E-state index in [1.54, 1.807) is 36.1 Å². The molecular formula is C21H25ClN4O4. The number of pyridine rings is 1. The number of halogens is 1. The molecule has 1 saturated heterocycles. The number of primary amides is 1. The minimum Gasteiger partial charge on any atom is -0.506 e. The molecule has 0 saturated carbocycles. The van der Waals surface area contributed by atoms with Crippen molar-refractivity contribution in [2.24, 2.45) is 5.73 Å². The van der Waals surface area contributed by atoms with Crippen LogP contribution in [0.4, 0.5) is 4.79 Å². The van der Waals surface area contributed by atoms with Crippen LogP contribution in [0, 0.1) is 6.92 Å². The second kappa shape index (κ2) is 10.1. The SMILES string of the molecule is Cc1cc(C(=O)c2ccc(C(=O)N[C@H]3CCCN(C(N)=O)CC3)cc2)c(O)cn1.Cl. The second-order valence-corrected chi connectivity index (χ2v) is 7.18. The number of nitrogens with one attached hydrogen (secondary N) is 1. The van der Waals surface area contributed by atoms with Gasteiger partial charge in [0, 0.05) is 36.0 Å². The molecule has 0 aliphatic carbocycles. The Hall–Kier alpha value is -3.13. The molecule has 3 amide bonds. The van der Waals surface area contributed by atoms with E-state index in [4.69, 9.17) is 5.73 Å².